The number of benzene rings is 1. The number of rotatable bonds is 2. The fourth-order valence-electron chi connectivity index (χ4n) is 1.89. The van der Waals surface area contributed by atoms with Crippen LogP contribution in [0.15, 0.2) is 54.9 Å². The van der Waals surface area contributed by atoms with E-state index in [0.29, 0.717) is 5.82 Å². The van der Waals surface area contributed by atoms with E-state index in [1.807, 2.05) is 49.4 Å². The predicted octanol–water partition coefficient (Wildman–Crippen LogP) is 2.91. The Kier molecular flexibility index (Phi) is 2.98. The molecule has 3 aromatic rings. The van der Waals surface area contributed by atoms with Gasteiger partial charge in [0.25, 0.3) is 0 Å². The third-order valence-corrected chi connectivity index (χ3v) is 2.85. The van der Waals surface area contributed by atoms with Crippen molar-refractivity contribution < 1.29 is 0 Å². The highest BCUT2D eigenvalue weighted by molar-refractivity contribution is 5.62. The molecule has 92 valence electrons. The fraction of sp³-hybridized carbons (Fsp3) is 0.0667. The minimum absolute atomic E-state index is 0.625. The zero-order chi connectivity index (χ0) is 13.1. The van der Waals surface area contributed by atoms with Crippen molar-refractivity contribution in [1.82, 2.24) is 20.2 Å². The molecule has 0 saturated heterocycles. The lowest BCUT2D eigenvalue weighted by Gasteiger charge is -2.05. The van der Waals surface area contributed by atoms with Crippen LogP contribution in [0, 0.1) is 6.92 Å². The van der Waals surface area contributed by atoms with Gasteiger partial charge in [-0.3, -0.25) is 4.98 Å². The van der Waals surface area contributed by atoms with Gasteiger partial charge in [-0.05, 0) is 19.1 Å². The van der Waals surface area contributed by atoms with Crippen molar-refractivity contribution in [2.45, 2.75) is 6.92 Å². The third-order valence-electron chi connectivity index (χ3n) is 2.85. The summed E-state index contributed by atoms with van der Waals surface area (Å²) in [6.45, 7) is 1.95. The Morgan fingerprint density at radius 2 is 1.53 bits per heavy atom. The quantitative estimate of drug-likeness (QED) is 0.699. The van der Waals surface area contributed by atoms with Gasteiger partial charge in [-0.15, -0.1) is 10.2 Å². The number of aryl methyl sites for hydroxylation is 1. The van der Waals surface area contributed by atoms with Gasteiger partial charge in [0.05, 0.1) is 5.69 Å². The van der Waals surface area contributed by atoms with Gasteiger partial charge in [0.1, 0.15) is 5.69 Å². The SMILES string of the molecule is Cc1nc(-c2ccncc2)nnc1-c1ccccc1. The summed E-state index contributed by atoms with van der Waals surface area (Å²) in [7, 11) is 0. The molecule has 0 atom stereocenters. The van der Waals surface area contributed by atoms with Crippen LogP contribution < -0.4 is 0 Å². The van der Waals surface area contributed by atoms with Crippen molar-refractivity contribution in [2.75, 3.05) is 0 Å². The van der Waals surface area contributed by atoms with Crippen molar-refractivity contribution in [3.05, 3.63) is 60.6 Å². The lowest BCUT2D eigenvalue weighted by Crippen LogP contribution is -1.99. The molecule has 0 amide bonds. The molecule has 0 saturated carbocycles. The van der Waals surface area contributed by atoms with Crippen molar-refractivity contribution >= 4 is 0 Å². The van der Waals surface area contributed by atoms with E-state index >= 15 is 0 Å². The fourth-order valence-corrected chi connectivity index (χ4v) is 1.89. The maximum absolute atomic E-state index is 4.52. The molecule has 19 heavy (non-hydrogen) atoms. The first-order valence-electron chi connectivity index (χ1n) is 6.02. The van der Waals surface area contributed by atoms with Gasteiger partial charge in [-0.25, -0.2) is 4.98 Å². The number of hydrogen-bond donors (Lipinski definition) is 0. The number of pyridine rings is 1. The summed E-state index contributed by atoms with van der Waals surface area (Å²) < 4.78 is 0. The van der Waals surface area contributed by atoms with Crippen LogP contribution in [0.5, 0.6) is 0 Å². The number of hydrogen-bond acceptors (Lipinski definition) is 4. The first-order chi connectivity index (χ1) is 9.34. The smallest absolute Gasteiger partial charge is 0.182 e. The molecule has 0 radical (unpaired) electrons. The number of aromatic nitrogens is 4. The molecule has 1 aromatic carbocycles. The second-order valence-electron chi connectivity index (χ2n) is 4.17. The monoisotopic (exact) mass is 248 g/mol. The van der Waals surface area contributed by atoms with E-state index in [9.17, 15) is 0 Å². The van der Waals surface area contributed by atoms with E-state index in [0.717, 1.165) is 22.5 Å². The standard InChI is InChI=1S/C15H12N4/c1-11-14(12-5-3-2-4-6-12)18-19-15(17-11)13-7-9-16-10-8-13/h2-10H,1H3. The lowest BCUT2D eigenvalue weighted by atomic mass is 10.1. The molecule has 0 fully saturated rings. The predicted molar refractivity (Wildman–Crippen MR) is 73.2 cm³/mol. The Bertz CT molecular complexity index is 681. The topological polar surface area (TPSA) is 51.6 Å². The van der Waals surface area contributed by atoms with Gasteiger partial charge in [-0.1, -0.05) is 30.3 Å². The molecule has 0 spiro atoms. The van der Waals surface area contributed by atoms with Gasteiger partial charge in [-0.2, -0.15) is 0 Å². The first-order valence-corrected chi connectivity index (χ1v) is 6.02. The Hall–Kier alpha value is -2.62. The molecule has 0 aliphatic heterocycles. The van der Waals surface area contributed by atoms with E-state index in [1.165, 1.54) is 0 Å². The summed E-state index contributed by atoms with van der Waals surface area (Å²) in [5.41, 5.74) is 3.64. The van der Waals surface area contributed by atoms with Crippen LogP contribution in [-0.2, 0) is 0 Å². The largest absolute Gasteiger partial charge is 0.265 e. The summed E-state index contributed by atoms with van der Waals surface area (Å²) in [5, 5.41) is 8.49. The minimum Gasteiger partial charge on any atom is -0.265 e. The molecule has 2 heterocycles. The van der Waals surface area contributed by atoms with Crippen LogP contribution >= 0.6 is 0 Å². The summed E-state index contributed by atoms with van der Waals surface area (Å²) in [5.74, 6) is 0.625. The van der Waals surface area contributed by atoms with Crippen LogP contribution in [0.25, 0.3) is 22.6 Å². The Morgan fingerprint density at radius 3 is 2.21 bits per heavy atom. The van der Waals surface area contributed by atoms with Gasteiger partial charge in [0.15, 0.2) is 5.82 Å². The molecular weight excluding hydrogens is 236 g/mol. The molecular formula is C15H12N4. The summed E-state index contributed by atoms with van der Waals surface area (Å²) in [6, 6.07) is 13.7. The molecule has 4 nitrogen and oxygen atoms in total. The van der Waals surface area contributed by atoms with Crippen molar-refractivity contribution in [3.8, 4) is 22.6 Å². The van der Waals surface area contributed by atoms with E-state index < -0.39 is 0 Å². The molecule has 0 aliphatic carbocycles. The minimum atomic E-state index is 0.625. The van der Waals surface area contributed by atoms with E-state index in [2.05, 4.69) is 20.2 Å². The molecule has 0 aliphatic rings. The van der Waals surface area contributed by atoms with E-state index in [4.69, 9.17) is 0 Å². The van der Waals surface area contributed by atoms with E-state index in [1.54, 1.807) is 12.4 Å². The zero-order valence-corrected chi connectivity index (χ0v) is 10.5. The number of nitrogens with zero attached hydrogens (tertiary/aromatic N) is 4. The lowest BCUT2D eigenvalue weighted by molar-refractivity contribution is 0.958. The van der Waals surface area contributed by atoms with Crippen LogP contribution in [0.4, 0.5) is 0 Å². The molecule has 4 heteroatoms. The normalized spacial score (nSPS) is 10.4. The van der Waals surface area contributed by atoms with Crippen LogP contribution in [0.1, 0.15) is 5.69 Å². The van der Waals surface area contributed by atoms with Crippen LogP contribution in [-0.4, -0.2) is 20.2 Å². The summed E-state index contributed by atoms with van der Waals surface area (Å²) in [6.07, 6.45) is 3.44. The highest BCUT2D eigenvalue weighted by atomic mass is 15.2. The van der Waals surface area contributed by atoms with Gasteiger partial charge >= 0.3 is 0 Å². The highest BCUT2D eigenvalue weighted by Crippen LogP contribution is 2.20. The maximum atomic E-state index is 4.52. The van der Waals surface area contributed by atoms with E-state index in [-0.39, 0.29) is 0 Å². The second-order valence-corrected chi connectivity index (χ2v) is 4.17. The Morgan fingerprint density at radius 1 is 0.789 bits per heavy atom. The average Bonchev–Trinajstić information content (AvgIpc) is 2.49. The summed E-state index contributed by atoms with van der Waals surface area (Å²) >= 11 is 0. The van der Waals surface area contributed by atoms with Crippen molar-refractivity contribution in [1.29, 1.82) is 0 Å². The third kappa shape index (κ3) is 2.33. The van der Waals surface area contributed by atoms with Crippen LogP contribution in [0.2, 0.25) is 0 Å². The zero-order valence-electron chi connectivity index (χ0n) is 10.5. The second kappa shape index (κ2) is 4.94. The van der Waals surface area contributed by atoms with Crippen molar-refractivity contribution in [2.24, 2.45) is 0 Å². The molecule has 2 aromatic heterocycles. The summed E-state index contributed by atoms with van der Waals surface area (Å²) in [4.78, 5) is 8.50. The van der Waals surface area contributed by atoms with Crippen LogP contribution in [0.3, 0.4) is 0 Å². The van der Waals surface area contributed by atoms with Crippen molar-refractivity contribution in [3.63, 3.8) is 0 Å². The highest BCUT2D eigenvalue weighted by Gasteiger charge is 2.08. The molecule has 0 N–H and O–H groups in total. The average molecular weight is 248 g/mol. The van der Waals surface area contributed by atoms with Gasteiger partial charge in [0, 0.05) is 23.5 Å². The Balaban J connectivity index is 2.04. The maximum Gasteiger partial charge on any atom is 0.182 e. The molecule has 0 bridgehead atoms. The van der Waals surface area contributed by atoms with Gasteiger partial charge < -0.3 is 0 Å². The first kappa shape index (κ1) is 11.5. The molecule has 0 unspecified atom stereocenters. The van der Waals surface area contributed by atoms with Gasteiger partial charge in [0.2, 0.25) is 0 Å². The Labute approximate surface area is 111 Å². The molecule has 3 rings (SSSR count).